The first-order valence-electron chi connectivity index (χ1n) is 5.00. The van der Waals surface area contributed by atoms with Crippen LogP contribution in [-0.2, 0) is 10.0 Å². The minimum absolute atomic E-state index is 0.264. The Labute approximate surface area is 104 Å². The highest BCUT2D eigenvalue weighted by atomic mass is 35.5. The lowest BCUT2D eigenvalue weighted by Gasteiger charge is -2.21. The van der Waals surface area contributed by atoms with E-state index >= 15 is 0 Å². The molecule has 3 nitrogen and oxygen atoms in total. The summed E-state index contributed by atoms with van der Waals surface area (Å²) in [6.45, 7) is 0. The van der Waals surface area contributed by atoms with Gasteiger partial charge in [-0.25, -0.2) is 8.42 Å². The highest BCUT2D eigenvalue weighted by Gasteiger charge is 2.26. The molecule has 0 aromatic heterocycles. The Morgan fingerprint density at radius 3 is 2.59 bits per heavy atom. The first kappa shape index (κ1) is 10.6. The Balaban J connectivity index is 2.42. The molecule has 0 aliphatic carbocycles. The van der Waals surface area contributed by atoms with E-state index in [0.717, 1.165) is 5.56 Å². The summed E-state index contributed by atoms with van der Waals surface area (Å²) >= 11 is 5.92. The van der Waals surface area contributed by atoms with Crippen molar-refractivity contribution in [2.24, 2.45) is 0 Å². The molecule has 0 bridgehead atoms. The lowest BCUT2D eigenvalue weighted by molar-refractivity contribution is 0.601. The van der Waals surface area contributed by atoms with E-state index in [2.05, 4.69) is 4.72 Å². The number of hydrogen-bond acceptors (Lipinski definition) is 2. The van der Waals surface area contributed by atoms with Crippen molar-refractivity contribution in [1.29, 1.82) is 0 Å². The monoisotopic (exact) mass is 265 g/mol. The molecule has 1 aliphatic rings. The summed E-state index contributed by atoms with van der Waals surface area (Å²) in [5.41, 5.74) is 2.08. The van der Waals surface area contributed by atoms with E-state index in [1.165, 1.54) is 6.07 Å². The van der Waals surface area contributed by atoms with Crippen molar-refractivity contribution in [2.75, 3.05) is 4.72 Å². The van der Waals surface area contributed by atoms with Crippen molar-refractivity contribution < 1.29 is 8.42 Å². The normalized spacial score (nSPS) is 15.6. The van der Waals surface area contributed by atoms with Crippen LogP contribution >= 0.6 is 11.6 Å². The van der Waals surface area contributed by atoms with E-state index in [1.807, 2.05) is 12.1 Å². The number of fused-ring (bicyclic) bond motifs is 3. The largest absolute Gasteiger partial charge is 0.279 e. The van der Waals surface area contributed by atoms with Crippen molar-refractivity contribution in [3.63, 3.8) is 0 Å². The average Bonchev–Trinajstić information content (AvgIpc) is 2.28. The fourth-order valence-corrected chi connectivity index (χ4v) is 3.41. The molecule has 0 atom stereocenters. The molecule has 1 aliphatic heterocycles. The zero-order valence-corrected chi connectivity index (χ0v) is 10.2. The SMILES string of the molecule is O=S1(=O)Nc2ccccc2-c2cc(Cl)ccc21. The lowest BCUT2D eigenvalue weighted by Crippen LogP contribution is -2.18. The van der Waals surface area contributed by atoms with Gasteiger partial charge in [0.1, 0.15) is 0 Å². The number of halogens is 1. The minimum Gasteiger partial charge on any atom is -0.279 e. The van der Waals surface area contributed by atoms with Gasteiger partial charge in [-0.15, -0.1) is 0 Å². The Kier molecular flexibility index (Phi) is 2.18. The first-order valence-corrected chi connectivity index (χ1v) is 6.86. The van der Waals surface area contributed by atoms with Crippen LogP contribution in [-0.4, -0.2) is 8.42 Å². The van der Waals surface area contributed by atoms with Crippen molar-refractivity contribution in [3.05, 3.63) is 47.5 Å². The van der Waals surface area contributed by atoms with Gasteiger partial charge in [-0.2, -0.15) is 0 Å². The molecule has 1 heterocycles. The Hall–Kier alpha value is -1.52. The highest BCUT2D eigenvalue weighted by molar-refractivity contribution is 7.93. The van der Waals surface area contributed by atoms with Crippen LogP contribution in [0, 0.1) is 0 Å². The highest BCUT2D eigenvalue weighted by Crippen LogP contribution is 2.39. The molecule has 0 saturated carbocycles. The summed E-state index contributed by atoms with van der Waals surface area (Å²) < 4.78 is 26.5. The second-order valence-corrected chi connectivity index (χ2v) is 5.88. The van der Waals surface area contributed by atoms with Crippen LogP contribution < -0.4 is 4.72 Å². The molecule has 0 amide bonds. The molecule has 5 heteroatoms. The summed E-state index contributed by atoms with van der Waals surface area (Å²) in [4.78, 5) is 0.264. The zero-order valence-electron chi connectivity index (χ0n) is 8.64. The number of anilines is 1. The molecule has 0 spiro atoms. The smallest absolute Gasteiger partial charge is 0.262 e. The third kappa shape index (κ3) is 1.61. The Morgan fingerprint density at radius 2 is 1.76 bits per heavy atom. The molecule has 0 fully saturated rings. The van der Waals surface area contributed by atoms with Crippen molar-refractivity contribution in [3.8, 4) is 11.1 Å². The van der Waals surface area contributed by atoms with Crippen LogP contribution in [0.4, 0.5) is 5.69 Å². The van der Waals surface area contributed by atoms with Crippen molar-refractivity contribution >= 4 is 27.3 Å². The van der Waals surface area contributed by atoms with Gasteiger partial charge >= 0.3 is 0 Å². The molecule has 1 N–H and O–H groups in total. The zero-order chi connectivity index (χ0) is 12.0. The van der Waals surface area contributed by atoms with Gasteiger partial charge in [-0.05, 0) is 24.3 Å². The minimum atomic E-state index is -3.48. The van der Waals surface area contributed by atoms with Crippen molar-refractivity contribution in [2.45, 2.75) is 4.90 Å². The van der Waals surface area contributed by atoms with Gasteiger partial charge in [0.25, 0.3) is 10.0 Å². The molecule has 0 radical (unpaired) electrons. The van der Waals surface area contributed by atoms with Crippen molar-refractivity contribution in [1.82, 2.24) is 0 Å². The van der Waals surface area contributed by atoms with E-state index in [4.69, 9.17) is 11.6 Å². The third-order valence-corrected chi connectivity index (χ3v) is 4.35. The van der Waals surface area contributed by atoms with Gasteiger partial charge in [0.15, 0.2) is 0 Å². The van der Waals surface area contributed by atoms with Gasteiger partial charge in [0.2, 0.25) is 0 Å². The number of sulfonamides is 1. The van der Waals surface area contributed by atoms with E-state index in [1.54, 1.807) is 24.3 Å². The molecular weight excluding hydrogens is 258 g/mol. The van der Waals surface area contributed by atoms with Crippen LogP contribution in [0.3, 0.4) is 0 Å². The summed E-state index contributed by atoms with van der Waals surface area (Å²) in [5.74, 6) is 0. The maximum Gasteiger partial charge on any atom is 0.262 e. The standard InChI is InChI=1S/C12H8ClNO2S/c13-8-5-6-12-10(7-8)9-3-1-2-4-11(9)14-17(12,15)16/h1-7,14H. The summed E-state index contributed by atoms with van der Waals surface area (Å²) in [7, 11) is -3.48. The summed E-state index contributed by atoms with van der Waals surface area (Å²) in [6.07, 6.45) is 0. The second kappa shape index (κ2) is 3.48. The third-order valence-electron chi connectivity index (χ3n) is 2.69. The predicted octanol–water partition coefficient (Wildman–Crippen LogP) is 3.12. The summed E-state index contributed by atoms with van der Waals surface area (Å²) in [5, 5.41) is 0.524. The number of nitrogens with one attached hydrogen (secondary N) is 1. The lowest BCUT2D eigenvalue weighted by atomic mass is 10.0. The quantitative estimate of drug-likeness (QED) is 0.795. The van der Waals surface area contributed by atoms with Crippen LogP contribution in [0.25, 0.3) is 11.1 Å². The molecule has 86 valence electrons. The topological polar surface area (TPSA) is 46.2 Å². The van der Waals surface area contributed by atoms with Gasteiger partial charge in [-0.3, -0.25) is 4.72 Å². The van der Waals surface area contributed by atoms with Crippen LogP contribution in [0.15, 0.2) is 47.4 Å². The van der Waals surface area contributed by atoms with E-state index in [9.17, 15) is 8.42 Å². The fraction of sp³-hybridized carbons (Fsp3) is 0. The van der Waals surface area contributed by atoms with Gasteiger partial charge < -0.3 is 0 Å². The average molecular weight is 266 g/mol. The molecule has 0 saturated heterocycles. The molecule has 0 unspecified atom stereocenters. The second-order valence-electron chi connectivity index (χ2n) is 3.79. The van der Waals surface area contributed by atoms with E-state index in [-0.39, 0.29) is 4.90 Å². The van der Waals surface area contributed by atoms with Crippen LogP contribution in [0.5, 0.6) is 0 Å². The number of para-hydroxylation sites is 1. The maximum atomic E-state index is 12.0. The Morgan fingerprint density at radius 1 is 1.00 bits per heavy atom. The molecule has 2 aromatic rings. The van der Waals surface area contributed by atoms with Crippen LogP contribution in [0.1, 0.15) is 0 Å². The summed E-state index contributed by atoms with van der Waals surface area (Å²) in [6, 6.07) is 12.0. The van der Waals surface area contributed by atoms with Gasteiger partial charge in [0, 0.05) is 16.1 Å². The van der Waals surface area contributed by atoms with Crippen LogP contribution in [0.2, 0.25) is 5.02 Å². The van der Waals surface area contributed by atoms with Gasteiger partial charge in [-0.1, -0.05) is 29.8 Å². The molecular formula is C12H8ClNO2S. The van der Waals surface area contributed by atoms with E-state index in [0.29, 0.717) is 16.3 Å². The number of benzene rings is 2. The van der Waals surface area contributed by atoms with E-state index < -0.39 is 10.0 Å². The number of hydrogen-bond donors (Lipinski definition) is 1. The predicted molar refractivity (Wildman–Crippen MR) is 67.7 cm³/mol. The number of rotatable bonds is 0. The molecule has 17 heavy (non-hydrogen) atoms. The molecule has 2 aromatic carbocycles. The fourth-order valence-electron chi connectivity index (χ4n) is 1.95. The Bertz CT molecular complexity index is 710. The maximum absolute atomic E-state index is 12.0. The first-order chi connectivity index (χ1) is 8.08. The molecule has 3 rings (SSSR count). The van der Waals surface area contributed by atoms with Gasteiger partial charge in [0.05, 0.1) is 10.6 Å².